The Morgan fingerprint density at radius 2 is 1.86 bits per heavy atom. The first-order valence-electron chi connectivity index (χ1n) is 6.34. The molecule has 0 saturated carbocycles. The maximum Gasteiger partial charge on any atom is 1.00 e. The van der Waals surface area contributed by atoms with Crippen molar-refractivity contribution in [1.29, 1.82) is 0 Å². The molecule has 0 radical (unpaired) electrons. The van der Waals surface area contributed by atoms with Gasteiger partial charge in [-0.3, -0.25) is 14.2 Å². The van der Waals surface area contributed by atoms with Crippen LogP contribution >= 0.6 is 7.37 Å². The molecule has 2 unspecified atom stereocenters. The van der Waals surface area contributed by atoms with Gasteiger partial charge in [-0.1, -0.05) is 0 Å². The van der Waals surface area contributed by atoms with E-state index in [2.05, 4.69) is 10.6 Å². The van der Waals surface area contributed by atoms with Crippen LogP contribution in [0.2, 0.25) is 0 Å². The number of carbonyl (C=O) groups is 2. The Labute approximate surface area is 148 Å². The van der Waals surface area contributed by atoms with Gasteiger partial charge in [-0.2, -0.15) is 0 Å². The van der Waals surface area contributed by atoms with E-state index in [1.54, 1.807) is 6.92 Å². The molecule has 0 spiro atoms. The number of aliphatic carboxylic acids is 1. The van der Waals surface area contributed by atoms with Gasteiger partial charge in [-0.05, 0) is 20.3 Å². The van der Waals surface area contributed by atoms with E-state index in [9.17, 15) is 14.2 Å². The summed E-state index contributed by atoms with van der Waals surface area (Å²) in [6.45, 7) is 4.54. The van der Waals surface area contributed by atoms with Gasteiger partial charge in [0.25, 0.3) is 0 Å². The third-order valence-corrected chi connectivity index (χ3v) is 3.81. The normalized spacial score (nSPS) is 17.8. The van der Waals surface area contributed by atoms with Gasteiger partial charge in [-0.15, -0.1) is 0 Å². The van der Waals surface area contributed by atoms with E-state index in [-0.39, 0.29) is 43.2 Å². The summed E-state index contributed by atoms with van der Waals surface area (Å²) in [4.78, 5) is 31.4. The van der Waals surface area contributed by atoms with E-state index in [0.29, 0.717) is 13.0 Å². The van der Waals surface area contributed by atoms with Gasteiger partial charge in [0.2, 0.25) is 5.91 Å². The SMILES string of the molecule is C[C@H](NC(=O)[C@H](C)NCC(N)CCP(C)(=O)O)C(=O)O.[H-].[Na+]. The molecule has 0 aromatic rings. The summed E-state index contributed by atoms with van der Waals surface area (Å²) in [7, 11) is -3.07. The minimum atomic E-state index is -3.07. The van der Waals surface area contributed by atoms with Gasteiger partial charge in [0.15, 0.2) is 7.37 Å². The molecule has 120 valence electrons. The molecule has 0 aromatic carbocycles. The van der Waals surface area contributed by atoms with E-state index < -0.39 is 31.3 Å². The molecule has 10 heteroatoms. The van der Waals surface area contributed by atoms with Crippen LogP contribution in [0, 0.1) is 0 Å². The van der Waals surface area contributed by atoms with Gasteiger partial charge >= 0.3 is 35.5 Å². The second kappa shape index (κ2) is 10.7. The van der Waals surface area contributed by atoms with Crippen molar-refractivity contribution < 1.29 is 55.1 Å². The van der Waals surface area contributed by atoms with Gasteiger partial charge in [-0.25, -0.2) is 0 Å². The number of nitrogens with one attached hydrogen (secondary N) is 2. The topological polar surface area (TPSA) is 142 Å². The summed E-state index contributed by atoms with van der Waals surface area (Å²) in [5, 5.41) is 13.9. The zero-order valence-corrected chi connectivity index (χ0v) is 15.9. The predicted molar refractivity (Wildman–Crippen MR) is 77.0 cm³/mol. The molecule has 0 aliphatic heterocycles. The van der Waals surface area contributed by atoms with Gasteiger partial charge in [0.1, 0.15) is 6.04 Å². The number of hydrogen-bond donors (Lipinski definition) is 5. The molecule has 0 heterocycles. The number of carbonyl (C=O) groups excluding carboxylic acids is 1. The minimum absolute atomic E-state index is 0. The molecule has 0 aliphatic carbocycles. The van der Waals surface area contributed by atoms with Crippen molar-refractivity contribution in [3.05, 3.63) is 0 Å². The van der Waals surface area contributed by atoms with Gasteiger partial charge < -0.3 is 27.8 Å². The Morgan fingerprint density at radius 3 is 2.29 bits per heavy atom. The van der Waals surface area contributed by atoms with E-state index in [0.717, 1.165) is 0 Å². The van der Waals surface area contributed by atoms with Crippen molar-refractivity contribution in [3.63, 3.8) is 0 Å². The van der Waals surface area contributed by atoms with Crippen molar-refractivity contribution in [1.82, 2.24) is 10.6 Å². The van der Waals surface area contributed by atoms with Crippen LogP contribution in [0.4, 0.5) is 0 Å². The number of carboxylic acid groups (broad SMARTS) is 1. The van der Waals surface area contributed by atoms with Crippen LogP contribution in [-0.2, 0) is 14.2 Å². The molecule has 6 N–H and O–H groups in total. The Balaban J connectivity index is -0.00000180. The van der Waals surface area contributed by atoms with Crippen LogP contribution in [0.5, 0.6) is 0 Å². The third-order valence-electron chi connectivity index (χ3n) is 2.72. The van der Waals surface area contributed by atoms with Crippen LogP contribution in [0.1, 0.15) is 21.7 Å². The number of hydrogen-bond acceptors (Lipinski definition) is 5. The van der Waals surface area contributed by atoms with Crippen molar-refractivity contribution in [2.75, 3.05) is 19.4 Å². The molecule has 8 nitrogen and oxygen atoms in total. The van der Waals surface area contributed by atoms with E-state index >= 15 is 0 Å². The molecule has 0 rings (SSSR count). The van der Waals surface area contributed by atoms with Crippen LogP contribution < -0.4 is 45.9 Å². The predicted octanol–water partition coefficient (Wildman–Crippen LogP) is -3.71. The largest absolute Gasteiger partial charge is 1.00 e. The van der Waals surface area contributed by atoms with Crippen LogP contribution in [0.25, 0.3) is 0 Å². The fourth-order valence-corrected chi connectivity index (χ4v) is 2.14. The summed E-state index contributed by atoms with van der Waals surface area (Å²) in [6.07, 6.45) is 0.504. The number of nitrogens with two attached hydrogens (primary N) is 1. The second-order valence-electron chi connectivity index (χ2n) is 5.02. The number of amides is 1. The first kappa shape index (κ1) is 23.3. The molecule has 0 aromatic heterocycles. The second-order valence-corrected chi connectivity index (χ2v) is 7.57. The minimum Gasteiger partial charge on any atom is -1.00 e. The van der Waals surface area contributed by atoms with Crippen LogP contribution in [-0.4, -0.2) is 59.4 Å². The Kier molecular flexibility index (Phi) is 11.9. The molecule has 0 fully saturated rings. The maximum absolute atomic E-state index is 11.6. The average molecular weight is 333 g/mol. The van der Waals surface area contributed by atoms with Gasteiger partial charge in [0, 0.05) is 25.4 Å². The first-order chi connectivity index (χ1) is 9.03. The van der Waals surface area contributed by atoms with E-state index in [1.807, 2.05) is 0 Å². The monoisotopic (exact) mass is 333 g/mol. The molecule has 21 heavy (non-hydrogen) atoms. The molecule has 0 saturated heterocycles. The summed E-state index contributed by atoms with van der Waals surface area (Å²) in [6, 6.07) is -1.89. The first-order valence-corrected chi connectivity index (χ1v) is 8.63. The molecule has 0 aliphatic rings. The quantitative estimate of drug-likeness (QED) is 0.216. The van der Waals surface area contributed by atoms with Crippen molar-refractivity contribution in [2.45, 2.75) is 38.4 Å². The van der Waals surface area contributed by atoms with Crippen LogP contribution in [0.15, 0.2) is 0 Å². The van der Waals surface area contributed by atoms with Gasteiger partial charge in [0.05, 0.1) is 6.04 Å². The van der Waals surface area contributed by atoms with Crippen molar-refractivity contribution in [3.8, 4) is 0 Å². The smallest absolute Gasteiger partial charge is 1.00 e. The zero-order valence-electron chi connectivity index (χ0n) is 14.0. The van der Waals surface area contributed by atoms with Crippen molar-refractivity contribution >= 4 is 19.2 Å². The molecule has 0 bridgehead atoms. The number of rotatable bonds is 9. The zero-order chi connectivity index (χ0) is 15.9. The third kappa shape index (κ3) is 12.3. The Morgan fingerprint density at radius 1 is 1.33 bits per heavy atom. The molecular weight excluding hydrogens is 308 g/mol. The standard InChI is InChI=1S/C11H24N3O5P.Na.H/c1-7(10(15)14-8(2)11(16)17)13-6-9(12)4-5-20(3,18)19;;/h7-9,13H,4-6,12H2,1-3H3,(H,14,15)(H,16,17)(H,18,19);;/q;+1;-1/t7-,8-,9?;;/m0../s1. The molecule has 4 atom stereocenters. The van der Waals surface area contributed by atoms with E-state index in [4.69, 9.17) is 15.7 Å². The number of carboxylic acids is 1. The maximum atomic E-state index is 11.6. The van der Waals surface area contributed by atoms with Crippen LogP contribution in [0.3, 0.4) is 0 Å². The average Bonchev–Trinajstić information content (AvgIpc) is 2.32. The Hall–Kier alpha value is 0.0500. The summed E-state index contributed by atoms with van der Waals surface area (Å²) < 4.78 is 11.1. The molecule has 1 amide bonds. The fourth-order valence-electron chi connectivity index (χ4n) is 1.33. The van der Waals surface area contributed by atoms with E-state index in [1.165, 1.54) is 13.6 Å². The Bertz CT molecular complexity index is 396. The fraction of sp³-hybridized carbons (Fsp3) is 0.818. The molecular formula is C11H25N3NaO5P. The van der Waals surface area contributed by atoms with Crippen molar-refractivity contribution in [2.24, 2.45) is 5.73 Å². The summed E-state index contributed by atoms with van der Waals surface area (Å²) in [5.74, 6) is -1.54. The summed E-state index contributed by atoms with van der Waals surface area (Å²) >= 11 is 0. The summed E-state index contributed by atoms with van der Waals surface area (Å²) in [5.41, 5.74) is 5.76.